The predicted molar refractivity (Wildman–Crippen MR) is 111 cm³/mol. The Kier molecular flexibility index (Phi) is 11.8. The van der Waals surface area contributed by atoms with E-state index in [9.17, 15) is 4.79 Å². The lowest BCUT2D eigenvalue weighted by Gasteiger charge is -2.17. The number of aliphatic hydroxyl groups excluding tert-OH is 1. The monoisotopic (exact) mass is 378 g/mol. The second-order valence-corrected chi connectivity index (χ2v) is 7.42. The van der Waals surface area contributed by atoms with Crippen LogP contribution in [0.4, 0.5) is 0 Å². The van der Waals surface area contributed by atoms with Crippen LogP contribution in [-0.4, -0.2) is 43.9 Å². The molecule has 5 heteroatoms. The molecular formula is C22H38N2O3. The van der Waals surface area contributed by atoms with Crippen molar-refractivity contribution in [3.8, 4) is 5.75 Å². The Morgan fingerprint density at radius 1 is 1.22 bits per heavy atom. The molecule has 1 rings (SSSR count). The van der Waals surface area contributed by atoms with Gasteiger partial charge in [0.1, 0.15) is 5.75 Å². The molecule has 0 fully saturated rings. The topological polar surface area (TPSA) is 70.6 Å². The minimum Gasteiger partial charge on any atom is -0.494 e. The van der Waals surface area contributed by atoms with Gasteiger partial charge >= 0.3 is 0 Å². The summed E-state index contributed by atoms with van der Waals surface area (Å²) in [5, 5.41) is 15.1. The highest BCUT2D eigenvalue weighted by Gasteiger charge is 2.12. The van der Waals surface area contributed by atoms with E-state index in [0.717, 1.165) is 30.2 Å². The molecule has 0 heterocycles. The first-order valence-corrected chi connectivity index (χ1v) is 10.3. The molecule has 0 aliphatic heterocycles. The molecule has 2 unspecified atom stereocenters. The fourth-order valence-electron chi connectivity index (χ4n) is 3.16. The summed E-state index contributed by atoms with van der Waals surface area (Å²) in [4.78, 5) is 12.2. The van der Waals surface area contributed by atoms with Crippen molar-refractivity contribution in [2.24, 2.45) is 5.92 Å². The summed E-state index contributed by atoms with van der Waals surface area (Å²) in [6, 6.07) is 5.30. The van der Waals surface area contributed by atoms with Crippen molar-refractivity contribution in [1.29, 1.82) is 0 Å². The van der Waals surface area contributed by atoms with E-state index in [0.29, 0.717) is 12.2 Å². The van der Waals surface area contributed by atoms with Crippen LogP contribution in [0.5, 0.6) is 5.75 Å². The lowest BCUT2D eigenvalue weighted by Crippen LogP contribution is -2.35. The van der Waals surface area contributed by atoms with Crippen LogP contribution in [0.1, 0.15) is 68.3 Å². The SMILES string of the molecule is CCCCC(CCCOc1ccc(C(=O)NC(C)CO)c(C)c1)CCNC. The third kappa shape index (κ3) is 9.25. The summed E-state index contributed by atoms with van der Waals surface area (Å²) >= 11 is 0. The van der Waals surface area contributed by atoms with E-state index in [1.165, 1.54) is 32.1 Å². The molecule has 0 radical (unpaired) electrons. The molecule has 5 nitrogen and oxygen atoms in total. The van der Waals surface area contributed by atoms with Crippen LogP contribution in [0.2, 0.25) is 0 Å². The number of aliphatic hydroxyl groups is 1. The Bertz CT molecular complexity index is 540. The first kappa shape index (κ1) is 23.4. The minimum absolute atomic E-state index is 0.0699. The Hall–Kier alpha value is -1.59. The van der Waals surface area contributed by atoms with E-state index < -0.39 is 0 Å². The van der Waals surface area contributed by atoms with Crippen molar-refractivity contribution in [3.63, 3.8) is 0 Å². The minimum atomic E-state index is -0.253. The van der Waals surface area contributed by atoms with E-state index in [-0.39, 0.29) is 18.6 Å². The molecule has 3 N–H and O–H groups in total. The molecule has 0 bridgehead atoms. The average Bonchev–Trinajstić information content (AvgIpc) is 2.66. The number of carbonyl (C=O) groups is 1. The molecule has 1 aromatic carbocycles. The normalized spacial score (nSPS) is 13.2. The summed E-state index contributed by atoms with van der Waals surface area (Å²) in [6.07, 6.45) is 7.32. The molecule has 154 valence electrons. The third-order valence-corrected chi connectivity index (χ3v) is 4.89. The van der Waals surface area contributed by atoms with Gasteiger partial charge in [0, 0.05) is 11.6 Å². The first-order chi connectivity index (χ1) is 13.0. The van der Waals surface area contributed by atoms with Crippen LogP contribution in [-0.2, 0) is 0 Å². The van der Waals surface area contributed by atoms with Gasteiger partial charge in [0.05, 0.1) is 13.2 Å². The zero-order valence-corrected chi connectivity index (χ0v) is 17.5. The molecule has 0 aromatic heterocycles. The van der Waals surface area contributed by atoms with Gasteiger partial charge < -0.3 is 20.5 Å². The summed E-state index contributed by atoms with van der Waals surface area (Å²) in [5.74, 6) is 1.41. The zero-order valence-electron chi connectivity index (χ0n) is 17.5. The van der Waals surface area contributed by atoms with Gasteiger partial charge in [0.25, 0.3) is 5.91 Å². The molecule has 2 atom stereocenters. The number of unbranched alkanes of at least 4 members (excludes halogenated alkanes) is 1. The van der Waals surface area contributed by atoms with Crippen LogP contribution in [0.25, 0.3) is 0 Å². The smallest absolute Gasteiger partial charge is 0.251 e. The van der Waals surface area contributed by atoms with E-state index in [1.54, 1.807) is 13.0 Å². The molecule has 1 amide bonds. The lowest BCUT2D eigenvalue weighted by atomic mass is 9.93. The Labute approximate surface area is 164 Å². The number of hydrogen-bond acceptors (Lipinski definition) is 4. The lowest BCUT2D eigenvalue weighted by molar-refractivity contribution is 0.0921. The first-order valence-electron chi connectivity index (χ1n) is 10.3. The van der Waals surface area contributed by atoms with E-state index in [2.05, 4.69) is 17.6 Å². The van der Waals surface area contributed by atoms with Crippen molar-refractivity contribution in [1.82, 2.24) is 10.6 Å². The molecule has 27 heavy (non-hydrogen) atoms. The second-order valence-electron chi connectivity index (χ2n) is 7.42. The van der Waals surface area contributed by atoms with Crippen molar-refractivity contribution in [3.05, 3.63) is 29.3 Å². The van der Waals surface area contributed by atoms with Gasteiger partial charge in [-0.3, -0.25) is 4.79 Å². The number of ether oxygens (including phenoxy) is 1. The summed E-state index contributed by atoms with van der Waals surface area (Å²) in [7, 11) is 2.01. The van der Waals surface area contributed by atoms with Crippen molar-refractivity contribution in [2.45, 2.75) is 65.3 Å². The summed E-state index contributed by atoms with van der Waals surface area (Å²) in [6.45, 7) is 7.63. The number of hydrogen-bond donors (Lipinski definition) is 3. The number of amides is 1. The van der Waals surface area contributed by atoms with Gasteiger partial charge in [-0.2, -0.15) is 0 Å². The quantitative estimate of drug-likeness (QED) is 0.432. The maximum Gasteiger partial charge on any atom is 0.251 e. The van der Waals surface area contributed by atoms with Crippen LogP contribution in [0.3, 0.4) is 0 Å². The Morgan fingerprint density at radius 2 is 1.96 bits per heavy atom. The summed E-state index contributed by atoms with van der Waals surface area (Å²) < 4.78 is 5.90. The maximum atomic E-state index is 12.2. The highest BCUT2D eigenvalue weighted by Crippen LogP contribution is 2.20. The summed E-state index contributed by atoms with van der Waals surface area (Å²) in [5.41, 5.74) is 1.50. The van der Waals surface area contributed by atoms with E-state index >= 15 is 0 Å². The number of rotatable bonds is 14. The van der Waals surface area contributed by atoms with Crippen LogP contribution in [0.15, 0.2) is 18.2 Å². The van der Waals surface area contributed by atoms with Crippen molar-refractivity contribution < 1.29 is 14.6 Å². The van der Waals surface area contributed by atoms with Gasteiger partial charge in [0.2, 0.25) is 0 Å². The molecular weight excluding hydrogens is 340 g/mol. The molecule has 0 saturated heterocycles. The maximum absolute atomic E-state index is 12.2. The number of benzene rings is 1. The molecule has 0 spiro atoms. The standard InChI is InChI=1S/C22H38N2O3/c1-5-6-8-19(12-13-23-4)9-7-14-27-20-10-11-21(17(2)15-20)22(26)24-18(3)16-25/h10-11,15,18-19,23,25H,5-9,12-14,16H2,1-4H3,(H,24,26). The highest BCUT2D eigenvalue weighted by atomic mass is 16.5. The largest absolute Gasteiger partial charge is 0.494 e. The molecule has 1 aromatic rings. The van der Waals surface area contributed by atoms with Gasteiger partial charge in [-0.15, -0.1) is 0 Å². The number of carbonyl (C=O) groups excluding carboxylic acids is 1. The predicted octanol–water partition coefficient (Wildman–Crippen LogP) is 3.68. The third-order valence-electron chi connectivity index (χ3n) is 4.89. The molecule has 0 aliphatic rings. The van der Waals surface area contributed by atoms with Crippen molar-refractivity contribution in [2.75, 3.05) is 26.8 Å². The van der Waals surface area contributed by atoms with Crippen LogP contribution < -0.4 is 15.4 Å². The fraction of sp³-hybridized carbons (Fsp3) is 0.682. The Balaban J connectivity index is 2.46. The number of aryl methyl sites for hydroxylation is 1. The highest BCUT2D eigenvalue weighted by molar-refractivity contribution is 5.95. The fourth-order valence-corrected chi connectivity index (χ4v) is 3.16. The molecule has 0 aliphatic carbocycles. The van der Waals surface area contributed by atoms with Gasteiger partial charge in [0.15, 0.2) is 0 Å². The van der Waals surface area contributed by atoms with Crippen LogP contribution >= 0.6 is 0 Å². The average molecular weight is 379 g/mol. The van der Waals surface area contributed by atoms with Gasteiger partial charge in [-0.1, -0.05) is 26.2 Å². The van der Waals surface area contributed by atoms with Crippen LogP contribution in [0, 0.1) is 12.8 Å². The van der Waals surface area contributed by atoms with Crippen molar-refractivity contribution >= 4 is 5.91 Å². The van der Waals surface area contributed by atoms with E-state index in [4.69, 9.17) is 9.84 Å². The van der Waals surface area contributed by atoms with Gasteiger partial charge in [-0.05, 0) is 76.4 Å². The zero-order chi connectivity index (χ0) is 20.1. The second kappa shape index (κ2) is 13.6. The van der Waals surface area contributed by atoms with E-state index in [1.807, 2.05) is 26.1 Å². The number of nitrogens with one attached hydrogen (secondary N) is 2. The van der Waals surface area contributed by atoms with Gasteiger partial charge in [-0.25, -0.2) is 0 Å². The Morgan fingerprint density at radius 3 is 2.59 bits per heavy atom. The molecule has 0 saturated carbocycles.